The third kappa shape index (κ3) is 6.01. The first kappa shape index (κ1) is 37.7. The van der Waals surface area contributed by atoms with E-state index in [2.05, 4.69) is 0 Å². The Balaban J connectivity index is 7.38. The minimum Gasteiger partial charge on any atom is -0.477 e. The van der Waals surface area contributed by atoms with Crippen LogP contribution >= 0.6 is 0 Å². The minimum absolute atomic E-state index is 0.997. The molecule has 0 saturated heterocycles. The number of alkyl halides is 23. The molecule has 0 radical (unpaired) electrons. The molecule has 1 N–H and O–H groups in total. The second kappa shape index (κ2) is 9.65. The molecule has 0 aromatic rings. The summed E-state index contributed by atoms with van der Waals surface area (Å²) >= 11 is 0. The van der Waals surface area contributed by atoms with Crippen molar-refractivity contribution in [3.05, 3.63) is 0 Å². The summed E-state index contributed by atoms with van der Waals surface area (Å²) in [4.78, 5) is 10.2. The summed E-state index contributed by atoms with van der Waals surface area (Å²) in [5.74, 6) is -37.8. The van der Waals surface area contributed by atoms with Crippen LogP contribution < -0.4 is 0 Å². The normalized spacial score (nSPS) is 20.0. The van der Waals surface area contributed by atoms with E-state index in [1.165, 1.54) is 4.74 Å². The van der Waals surface area contributed by atoms with E-state index in [9.17, 15) is 106 Å². The largest absolute Gasteiger partial charge is 0.477 e. The van der Waals surface area contributed by atoms with Crippen molar-refractivity contribution in [2.24, 2.45) is 0 Å². The van der Waals surface area contributed by atoms with Gasteiger partial charge in [0, 0.05) is 0 Å². The lowest BCUT2D eigenvalue weighted by Crippen LogP contribution is -2.71. The van der Waals surface area contributed by atoms with Crippen LogP contribution in [0.25, 0.3) is 0 Å². The van der Waals surface area contributed by atoms with Gasteiger partial charge in [-0.2, -0.15) is 101 Å². The summed E-state index contributed by atoms with van der Waals surface area (Å²) in [6.45, 7) is 0. The molecule has 40 heavy (non-hydrogen) atoms. The van der Waals surface area contributed by atoms with Gasteiger partial charge in [-0.1, -0.05) is 0 Å². The molecule has 0 aliphatic rings. The molecule has 0 aliphatic carbocycles. The SMILES string of the molecule is O=C(O)[C@@](F)(OC(F)(F)[C@](F)(OC(F)(F)[C@](F)(OC(F)(C(F)(F)F)C(F)(F)F)C(F)(F)F)C(F)(F)F)C(F)(F)F. The van der Waals surface area contributed by atoms with Crippen molar-refractivity contribution in [1.82, 2.24) is 0 Å². The van der Waals surface area contributed by atoms with Crippen molar-refractivity contribution >= 4 is 5.97 Å². The van der Waals surface area contributed by atoms with E-state index in [0.29, 0.717) is 0 Å². The van der Waals surface area contributed by atoms with Crippen LogP contribution in [0, 0.1) is 0 Å². The fraction of sp³-hybridized carbons (Fsp3) is 0.917. The Morgan fingerprint density at radius 2 is 0.625 bits per heavy atom. The molecule has 0 heterocycles. The third-order valence-electron chi connectivity index (χ3n) is 3.67. The van der Waals surface area contributed by atoms with Crippen LogP contribution in [0.2, 0.25) is 0 Å². The number of rotatable bonds is 9. The fourth-order valence-corrected chi connectivity index (χ4v) is 1.74. The number of halogens is 23. The number of hydrogen-bond donors (Lipinski definition) is 1. The Hall–Kier alpha value is -2.26. The van der Waals surface area contributed by atoms with Crippen LogP contribution in [0.4, 0.5) is 101 Å². The van der Waals surface area contributed by atoms with Crippen LogP contribution in [-0.2, 0) is 19.0 Å². The van der Waals surface area contributed by atoms with Crippen molar-refractivity contribution in [3.8, 4) is 0 Å². The van der Waals surface area contributed by atoms with Crippen LogP contribution in [0.15, 0.2) is 0 Å². The predicted molar refractivity (Wildman–Crippen MR) is 66.4 cm³/mol. The first-order valence-corrected chi connectivity index (χ1v) is 8.00. The quantitative estimate of drug-likeness (QED) is 0.276. The van der Waals surface area contributed by atoms with Gasteiger partial charge in [0.2, 0.25) is 0 Å². The zero-order valence-electron chi connectivity index (χ0n) is 16.8. The number of aliphatic carboxylic acids is 1. The van der Waals surface area contributed by atoms with Crippen LogP contribution in [0.1, 0.15) is 0 Å². The van der Waals surface area contributed by atoms with Crippen molar-refractivity contribution < 1.29 is 125 Å². The maximum absolute atomic E-state index is 14.0. The Labute approximate surface area is 199 Å². The first-order chi connectivity index (χ1) is 16.8. The van der Waals surface area contributed by atoms with Crippen molar-refractivity contribution in [1.29, 1.82) is 0 Å². The summed E-state index contributed by atoms with van der Waals surface area (Å²) in [5, 5.41) is 7.92. The number of carboxylic acids is 1. The molecule has 0 aliphatic heterocycles. The molecule has 0 unspecified atom stereocenters. The maximum atomic E-state index is 14.0. The van der Waals surface area contributed by atoms with E-state index in [1.54, 1.807) is 0 Å². The molecule has 0 aromatic carbocycles. The van der Waals surface area contributed by atoms with Gasteiger partial charge in [0.25, 0.3) is 0 Å². The fourth-order valence-electron chi connectivity index (χ4n) is 1.74. The Morgan fingerprint density at radius 1 is 0.375 bits per heavy atom. The highest BCUT2D eigenvalue weighted by Crippen LogP contribution is 2.59. The number of carbonyl (C=O) groups is 1. The lowest BCUT2D eigenvalue weighted by molar-refractivity contribution is -0.579. The van der Waals surface area contributed by atoms with Crippen molar-refractivity contribution in [2.45, 2.75) is 66.5 Å². The lowest BCUT2D eigenvalue weighted by atomic mass is 10.2. The Bertz CT molecular complexity index is 913. The molecule has 0 spiro atoms. The number of carboxylic acid groups (broad SMARTS) is 1. The molecule has 0 saturated carbocycles. The van der Waals surface area contributed by atoms with Gasteiger partial charge in [-0.05, 0) is 0 Å². The zero-order valence-corrected chi connectivity index (χ0v) is 16.8. The molecule has 240 valence electrons. The molecule has 0 bridgehead atoms. The molecular formula is C12HF23O5. The second-order valence-electron chi connectivity index (χ2n) is 6.51. The molecule has 0 amide bonds. The lowest BCUT2D eigenvalue weighted by Gasteiger charge is -2.43. The van der Waals surface area contributed by atoms with Gasteiger partial charge >= 0.3 is 72.5 Å². The number of hydrogen-bond acceptors (Lipinski definition) is 4. The van der Waals surface area contributed by atoms with Gasteiger partial charge < -0.3 is 5.11 Å². The smallest absolute Gasteiger partial charge is 0.460 e. The van der Waals surface area contributed by atoms with Crippen LogP contribution in [0.3, 0.4) is 0 Å². The van der Waals surface area contributed by atoms with E-state index in [4.69, 9.17) is 5.11 Å². The molecule has 5 nitrogen and oxygen atoms in total. The average molecular weight is 662 g/mol. The molecule has 0 rings (SSSR count). The number of ether oxygens (including phenoxy) is 3. The average Bonchev–Trinajstić information content (AvgIpc) is 2.61. The van der Waals surface area contributed by atoms with Gasteiger partial charge in [-0.3, -0.25) is 14.2 Å². The third-order valence-corrected chi connectivity index (χ3v) is 3.67. The molecular weight excluding hydrogens is 661 g/mol. The van der Waals surface area contributed by atoms with Gasteiger partial charge in [-0.25, -0.2) is 4.79 Å². The molecule has 28 heteroatoms. The van der Waals surface area contributed by atoms with Crippen molar-refractivity contribution in [3.63, 3.8) is 0 Å². The van der Waals surface area contributed by atoms with E-state index in [1.807, 2.05) is 0 Å². The van der Waals surface area contributed by atoms with E-state index in [-0.39, 0.29) is 0 Å². The van der Waals surface area contributed by atoms with Gasteiger partial charge in [0.1, 0.15) is 0 Å². The summed E-state index contributed by atoms with van der Waals surface area (Å²) < 4.78 is 301. The molecule has 0 fully saturated rings. The highest BCUT2D eigenvalue weighted by Gasteiger charge is 2.89. The van der Waals surface area contributed by atoms with Crippen molar-refractivity contribution in [2.75, 3.05) is 0 Å². The Morgan fingerprint density at radius 3 is 0.850 bits per heavy atom. The van der Waals surface area contributed by atoms with E-state index in [0.717, 1.165) is 9.47 Å². The molecule has 3 atom stereocenters. The van der Waals surface area contributed by atoms with Crippen LogP contribution in [-0.4, -0.2) is 77.6 Å². The summed E-state index contributed by atoms with van der Waals surface area (Å²) in [5.41, 5.74) is 0. The summed E-state index contributed by atoms with van der Waals surface area (Å²) in [6.07, 6.45) is -58.1. The zero-order chi connectivity index (χ0) is 33.2. The summed E-state index contributed by atoms with van der Waals surface area (Å²) in [7, 11) is 0. The maximum Gasteiger partial charge on any atom is 0.460 e. The van der Waals surface area contributed by atoms with Crippen LogP contribution in [0.5, 0.6) is 0 Å². The highest BCUT2D eigenvalue weighted by molar-refractivity contribution is 5.76. The Kier molecular flexibility index (Phi) is 9.10. The topological polar surface area (TPSA) is 65.0 Å². The monoisotopic (exact) mass is 662 g/mol. The first-order valence-electron chi connectivity index (χ1n) is 8.00. The minimum atomic E-state index is -8.84. The van der Waals surface area contributed by atoms with E-state index >= 15 is 0 Å². The van der Waals surface area contributed by atoms with E-state index < -0.39 is 72.5 Å². The van der Waals surface area contributed by atoms with Gasteiger partial charge in [0.15, 0.2) is 0 Å². The standard InChI is InChI=1S/C12HF23O5/c13-2(1(36)37,6(17,18)19)38-11(32,33)5(16,10(29,30)31)40-12(34,35)4(15,9(26,27)28)39-3(14,7(20,21)22)8(23,24)25/h(H,36,37)/t2-,4-,5-/m1/s1. The van der Waals surface area contributed by atoms with Gasteiger partial charge in [0.05, 0.1) is 0 Å². The summed E-state index contributed by atoms with van der Waals surface area (Å²) in [6, 6.07) is 0. The van der Waals surface area contributed by atoms with Gasteiger partial charge in [-0.15, -0.1) is 0 Å². The highest BCUT2D eigenvalue weighted by atomic mass is 19.4. The molecule has 0 aromatic heterocycles. The predicted octanol–water partition coefficient (Wildman–Crippen LogP) is 6.78. The second-order valence-corrected chi connectivity index (χ2v) is 6.51.